The predicted octanol–water partition coefficient (Wildman–Crippen LogP) is 2.64. The fourth-order valence-corrected chi connectivity index (χ4v) is 3.57. The molecule has 0 spiro atoms. The number of aryl methyl sites for hydroxylation is 1. The number of rotatable bonds is 3. The summed E-state index contributed by atoms with van der Waals surface area (Å²) in [6, 6.07) is 0.275. The van der Waals surface area contributed by atoms with E-state index in [1.807, 2.05) is 6.92 Å². The minimum Gasteiger partial charge on any atom is -0.330 e. The van der Waals surface area contributed by atoms with E-state index in [0.717, 1.165) is 24.3 Å². The van der Waals surface area contributed by atoms with Gasteiger partial charge in [-0.05, 0) is 32.7 Å². The Morgan fingerprint density at radius 3 is 2.68 bits per heavy atom. The van der Waals surface area contributed by atoms with E-state index < -0.39 is 11.9 Å². The average Bonchev–Trinajstić information content (AvgIpc) is 2.83. The second-order valence-electron chi connectivity index (χ2n) is 5.12. The number of hydrogen-bond donors (Lipinski definition) is 1. The Morgan fingerprint density at radius 1 is 1.47 bits per heavy atom. The largest absolute Gasteiger partial charge is 0.434 e. The molecule has 2 atom stereocenters. The maximum Gasteiger partial charge on any atom is 0.434 e. The lowest BCUT2D eigenvalue weighted by molar-refractivity contribution is -0.141. The van der Waals surface area contributed by atoms with Crippen molar-refractivity contribution in [2.75, 3.05) is 13.1 Å². The molecular formula is C12H18F3N3S. The van der Waals surface area contributed by atoms with Crippen molar-refractivity contribution in [3.8, 4) is 0 Å². The molecule has 2 N–H and O–H groups in total. The zero-order valence-electron chi connectivity index (χ0n) is 11.0. The van der Waals surface area contributed by atoms with E-state index in [1.165, 1.54) is 0 Å². The minimum atomic E-state index is -4.36. The van der Waals surface area contributed by atoms with Gasteiger partial charge in [-0.15, -0.1) is 11.3 Å². The fraction of sp³-hybridized carbons (Fsp3) is 0.750. The molecule has 2 rings (SSSR count). The maximum absolute atomic E-state index is 12.9. The van der Waals surface area contributed by atoms with Crippen molar-refractivity contribution in [2.24, 2.45) is 11.7 Å². The van der Waals surface area contributed by atoms with Crippen LogP contribution in [-0.4, -0.2) is 29.0 Å². The number of nitrogens with zero attached hydrogens (tertiary/aromatic N) is 2. The molecule has 0 aliphatic carbocycles. The number of aromatic nitrogens is 1. The van der Waals surface area contributed by atoms with Gasteiger partial charge in [0.25, 0.3) is 0 Å². The molecule has 0 saturated carbocycles. The smallest absolute Gasteiger partial charge is 0.330 e. The normalized spacial score (nSPS) is 25.2. The zero-order valence-corrected chi connectivity index (χ0v) is 11.8. The van der Waals surface area contributed by atoms with Gasteiger partial charge < -0.3 is 5.73 Å². The standard InChI is InChI=1S/C12H18F3N3S/c1-7-3-9(4-16)5-18(7)6-10-11(12(13,14)15)17-8(2)19-10/h7,9H,3-6,16H2,1-2H3. The highest BCUT2D eigenvalue weighted by atomic mass is 32.1. The topological polar surface area (TPSA) is 42.2 Å². The number of nitrogens with two attached hydrogens (primary N) is 1. The van der Waals surface area contributed by atoms with Crippen LogP contribution in [0.4, 0.5) is 13.2 Å². The lowest BCUT2D eigenvalue weighted by Gasteiger charge is -2.20. The quantitative estimate of drug-likeness (QED) is 0.931. The van der Waals surface area contributed by atoms with Gasteiger partial charge in [-0.25, -0.2) is 4.98 Å². The first-order valence-corrected chi connectivity index (χ1v) is 7.10. The lowest BCUT2D eigenvalue weighted by Crippen LogP contribution is -2.28. The van der Waals surface area contributed by atoms with Gasteiger partial charge in [0.05, 0.1) is 9.88 Å². The van der Waals surface area contributed by atoms with E-state index in [-0.39, 0.29) is 6.04 Å². The molecule has 108 valence electrons. The van der Waals surface area contributed by atoms with Crippen molar-refractivity contribution in [3.63, 3.8) is 0 Å². The first-order chi connectivity index (χ1) is 8.81. The molecule has 2 heterocycles. The number of thiazole rings is 1. The van der Waals surface area contributed by atoms with Crippen LogP contribution in [0.15, 0.2) is 0 Å². The van der Waals surface area contributed by atoms with Gasteiger partial charge in [0.15, 0.2) is 5.69 Å². The molecule has 0 aromatic carbocycles. The number of likely N-dealkylation sites (tertiary alicyclic amines) is 1. The van der Waals surface area contributed by atoms with Crippen molar-refractivity contribution >= 4 is 11.3 Å². The Labute approximate surface area is 114 Å². The molecule has 7 heteroatoms. The molecule has 1 aromatic rings. The molecule has 3 nitrogen and oxygen atoms in total. The molecule has 1 aromatic heterocycles. The van der Waals surface area contributed by atoms with Crippen LogP contribution in [-0.2, 0) is 12.7 Å². The Balaban J connectivity index is 2.16. The third-order valence-electron chi connectivity index (χ3n) is 3.54. The van der Waals surface area contributed by atoms with Gasteiger partial charge in [-0.3, -0.25) is 4.90 Å². The Morgan fingerprint density at radius 2 is 2.16 bits per heavy atom. The first kappa shape index (κ1) is 14.7. The highest BCUT2D eigenvalue weighted by molar-refractivity contribution is 7.11. The van der Waals surface area contributed by atoms with E-state index in [0.29, 0.717) is 28.9 Å². The highest BCUT2D eigenvalue weighted by Gasteiger charge is 2.38. The zero-order chi connectivity index (χ0) is 14.2. The van der Waals surface area contributed by atoms with Crippen molar-refractivity contribution in [1.29, 1.82) is 0 Å². The summed E-state index contributed by atoms with van der Waals surface area (Å²) in [5.41, 5.74) is 4.91. The molecule has 19 heavy (non-hydrogen) atoms. The molecular weight excluding hydrogens is 275 g/mol. The Kier molecular flexibility index (Phi) is 4.17. The van der Waals surface area contributed by atoms with Gasteiger partial charge in [-0.1, -0.05) is 0 Å². The highest BCUT2D eigenvalue weighted by Crippen LogP contribution is 2.36. The number of hydrogen-bond acceptors (Lipinski definition) is 4. The van der Waals surface area contributed by atoms with Crippen LogP contribution in [0.3, 0.4) is 0 Å². The van der Waals surface area contributed by atoms with E-state index in [1.54, 1.807) is 6.92 Å². The first-order valence-electron chi connectivity index (χ1n) is 6.29. The van der Waals surface area contributed by atoms with Crippen LogP contribution >= 0.6 is 11.3 Å². The van der Waals surface area contributed by atoms with Gasteiger partial charge in [0, 0.05) is 19.1 Å². The molecule has 2 unspecified atom stereocenters. The third-order valence-corrected chi connectivity index (χ3v) is 4.50. The summed E-state index contributed by atoms with van der Waals surface area (Å²) in [5, 5.41) is 0.463. The van der Waals surface area contributed by atoms with Crippen molar-refractivity contribution in [2.45, 2.75) is 39.0 Å². The Hall–Kier alpha value is -0.660. The second kappa shape index (κ2) is 5.38. The summed E-state index contributed by atoms with van der Waals surface area (Å²) >= 11 is 1.13. The van der Waals surface area contributed by atoms with Gasteiger partial charge >= 0.3 is 6.18 Å². The van der Waals surface area contributed by atoms with Gasteiger partial charge in [-0.2, -0.15) is 13.2 Å². The van der Waals surface area contributed by atoms with E-state index in [9.17, 15) is 13.2 Å². The fourth-order valence-electron chi connectivity index (χ4n) is 2.59. The van der Waals surface area contributed by atoms with Crippen LogP contribution in [0, 0.1) is 12.8 Å². The van der Waals surface area contributed by atoms with Gasteiger partial charge in [0.1, 0.15) is 0 Å². The summed E-state index contributed by atoms with van der Waals surface area (Å²) in [5.74, 6) is 0.387. The summed E-state index contributed by atoms with van der Waals surface area (Å²) in [6.45, 7) is 5.33. The second-order valence-corrected chi connectivity index (χ2v) is 6.41. The molecule has 0 amide bonds. The third kappa shape index (κ3) is 3.27. The predicted molar refractivity (Wildman–Crippen MR) is 68.9 cm³/mol. The summed E-state index contributed by atoms with van der Waals surface area (Å²) in [7, 11) is 0. The number of halogens is 3. The van der Waals surface area contributed by atoms with Crippen LogP contribution < -0.4 is 5.73 Å². The molecule has 0 radical (unpaired) electrons. The molecule has 1 aliphatic rings. The van der Waals surface area contributed by atoms with Crippen molar-refractivity contribution in [3.05, 3.63) is 15.6 Å². The van der Waals surface area contributed by atoms with Crippen molar-refractivity contribution in [1.82, 2.24) is 9.88 Å². The molecule has 1 saturated heterocycles. The van der Waals surface area contributed by atoms with Crippen LogP contribution in [0.2, 0.25) is 0 Å². The summed E-state index contributed by atoms with van der Waals surface area (Å²) in [4.78, 5) is 6.01. The molecule has 1 fully saturated rings. The monoisotopic (exact) mass is 293 g/mol. The van der Waals surface area contributed by atoms with Crippen LogP contribution in [0.25, 0.3) is 0 Å². The SMILES string of the molecule is Cc1nc(C(F)(F)F)c(CN2CC(CN)CC2C)s1. The maximum atomic E-state index is 12.9. The Bertz CT molecular complexity index is 444. The lowest BCUT2D eigenvalue weighted by atomic mass is 10.1. The van der Waals surface area contributed by atoms with E-state index >= 15 is 0 Å². The minimum absolute atomic E-state index is 0.275. The molecule has 1 aliphatic heterocycles. The van der Waals surface area contributed by atoms with Crippen LogP contribution in [0.5, 0.6) is 0 Å². The van der Waals surface area contributed by atoms with E-state index in [4.69, 9.17) is 5.73 Å². The van der Waals surface area contributed by atoms with Crippen molar-refractivity contribution < 1.29 is 13.2 Å². The van der Waals surface area contributed by atoms with Gasteiger partial charge in [0.2, 0.25) is 0 Å². The number of alkyl halides is 3. The molecule has 0 bridgehead atoms. The average molecular weight is 293 g/mol. The summed E-state index contributed by atoms with van der Waals surface area (Å²) in [6.07, 6.45) is -3.41. The summed E-state index contributed by atoms with van der Waals surface area (Å²) < 4.78 is 38.6. The van der Waals surface area contributed by atoms with E-state index in [2.05, 4.69) is 9.88 Å². The van der Waals surface area contributed by atoms with Crippen LogP contribution in [0.1, 0.15) is 28.9 Å².